The van der Waals surface area contributed by atoms with Crippen molar-refractivity contribution in [3.8, 4) is 11.3 Å². The second kappa shape index (κ2) is 5.62. The summed E-state index contributed by atoms with van der Waals surface area (Å²) in [5.74, 6) is 0. The van der Waals surface area contributed by atoms with Crippen LogP contribution in [0.1, 0.15) is 6.42 Å². The standard InChI is InChI=1S/C17H15AsN4/c18-6-3-9-22-11-13(12-4-1-2-5-16(12)22)14-10-15-17(21-14)20-8-7-19-15/h1-2,4-5,7-8,10-11H,3,6,9H2,(H,20,21). The van der Waals surface area contributed by atoms with Crippen LogP contribution in [0.4, 0.5) is 0 Å². The van der Waals surface area contributed by atoms with Gasteiger partial charge in [-0.15, -0.1) is 0 Å². The van der Waals surface area contributed by atoms with Gasteiger partial charge in [0.05, 0.1) is 0 Å². The molecule has 0 fully saturated rings. The van der Waals surface area contributed by atoms with Crippen molar-refractivity contribution in [1.82, 2.24) is 19.5 Å². The van der Waals surface area contributed by atoms with Crippen LogP contribution in [0.25, 0.3) is 33.3 Å². The van der Waals surface area contributed by atoms with E-state index in [1.165, 1.54) is 16.5 Å². The van der Waals surface area contributed by atoms with Crippen LogP contribution in [-0.2, 0) is 6.54 Å². The van der Waals surface area contributed by atoms with E-state index in [9.17, 15) is 0 Å². The zero-order chi connectivity index (χ0) is 14.9. The van der Waals surface area contributed by atoms with Crippen LogP contribution in [0.15, 0.2) is 48.9 Å². The Morgan fingerprint density at radius 2 is 2.00 bits per heavy atom. The number of hydrogen-bond acceptors (Lipinski definition) is 2. The van der Waals surface area contributed by atoms with Crippen LogP contribution in [-0.4, -0.2) is 36.4 Å². The van der Waals surface area contributed by atoms with Gasteiger partial charge in [0.1, 0.15) is 0 Å². The first-order chi connectivity index (χ1) is 10.9. The summed E-state index contributed by atoms with van der Waals surface area (Å²) in [7, 11) is 0. The van der Waals surface area contributed by atoms with E-state index in [0.29, 0.717) is 0 Å². The maximum atomic E-state index is 4.36. The SMILES string of the molecule is [As]CCCn1cc(-c2cc3nccnc3[nH]2)c2ccccc21. The van der Waals surface area contributed by atoms with Gasteiger partial charge < -0.3 is 0 Å². The normalized spacial score (nSPS) is 11.5. The number of aromatic nitrogens is 4. The zero-order valence-electron chi connectivity index (χ0n) is 12.0. The fourth-order valence-corrected chi connectivity index (χ4v) is 3.18. The van der Waals surface area contributed by atoms with Crippen LogP contribution >= 0.6 is 0 Å². The minimum atomic E-state index is 0.834. The molecular formula is C17H15AsN4. The molecule has 1 aromatic carbocycles. The Labute approximate surface area is 137 Å². The number of nitrogens with one attached hydrogen (secondary N) is 1. The summed E-state index contributed by atoms with van der Waals surface area (Å²) in [6.45, 7) is 1.03. The first kappa shape index (κ1) is 13.6. The zero-order valence-corrected chi connectivity index (χ0v) is 13.9. The second-order valence-corrected chi connectivity index (χ2v) is 6.24. The van der Waals surface area contributed by atoms with Crippen molar-refractivity contribution in [3.63, 3.8) is 0 Å². The quantitative estimate of drug-likeness (QED) is 0.572. The Morgan fingerprint density at radius 3 is 2.86 bits per heavy atom. The molecule has 0 atom stereocenters. The molecule has 22 heavy (non-hydrogen) atoms. The van der Waals surface area contributed by atoms with Gasteiger partial charge in [-0.1, -0.05) is 0 Å². The minimum absolute atomic E-state index is 0.834. The number of hydrogen-bond donors (Lipinski definition) is 1. The van der Waals surface area contributed by atoms with Crippen LogP contribution in [0, 0.1) is 0 Å². The Hall–Kier alpha value is -2.06. The summed E-state index contributed by atoms with van der Waals surface area (Å²) in [6.07, 6.45) is 6.83. The van der Waals surface area contributed by atoms with Crippen molar-refractivity contribution in [3.05, 3.63) is 48.9 Å². The van der Waals surface area contributed by atoms with E-state index in [0.717, 1.165) is 35.0 Å². The van der Waals surface area contributed by atoms with E-state index in [1.54, 1.807) is 12.4 Å². The van der Waals surface area contributed by atoms with Crippen molar-refractivity contribution < 1.29 is 0 Å². The van der Waals surface area contributed by atoms with Gasteiger partial charge in [-0.3, -0.25) is 0 Å². The van der Waals surface area contributed by atoms with Crippen molar-refractivity contribution >= 4 is 38.9 Å². The molecule has 0 unspecified atom stereocenters. The molecule has 3 aromatic heterocycles. The van der Waals surface area contributed by atoms with Crippen molar-refractivity contribution in [2.45, 2.75) is 18.2 Å². The summed E-state index contributed by atoms with van der Waals surface area (Å²) >= 11 is 2.65. The molecule has 4 aromatic rings. The van der Waals surface area contributed by atoms with E-state index in [1.807, 2.05) is 0 Å². The van der Waals surface area contributed by atoms with Crippen LogP contribution in [0.2, 0.25) is 5.21 Å². The molecule has 0 aliphatic rings. The number of para-hydroxylation sites is 1. The van der Waals surface area contributed by atoms with E-state index >= 15 is 0 Å². The molecule has 0 bridgehead atoms. The molecule has 0 aliphatic heterocycles. The third-order valence-corrected chi connectivity index (χ3v) is 4.56. The first-order valence-corrected chi connectivity index (χ1v) is 8.68. The molecule has 2 radical (unpaired) electrons. The molecular weight excluding hydrogens is 335 g/mol. The molecule has 0 aliphatic carbocycles. The number of aryl methyl sites for hydroxylation is 1. The van der Waals surface area contributed by atoms with Gasteiger partial charge in [0, 0.05) is 0 Å². The Balaban J connectivity index is 1.90. The number of fused-ring (bicyclic) bond motifs is 2. The topological polar surface area (TPSA) is 46.5 Å². The van der Waals surface area contributed by atoms with Gasteiger partial charge in [0.25, 0.3) is 0 Å². The number of H-pyrrole nitrogens is 1. The average Bonchev–Trinajstić information content (AvgIpc) is 3.14. The van der Waals surface area contributed by atoms with Crippen molar-refractivity contribution in [2.24, 2.45) is 0 Å². The Bertz CT molecular complexity index is 905. The van der Waals surface area contributed by atoms with Gasteiger partial charge in [-0.05, 0) is 0 Å². The number of rotatable bonds is 4. The molecule has 1 N–H and O–H groups in total. The van der Waals surface area contributed by atoms with Gasteiger partial charge >= 0.3 is 137 Å². The molecule has 108 valence electrons. The summed E-state index contributed by atoms with van der Waals surface area (Å²) < 4.78 is 2.34. The second-order valence-electron chi connectivity index (χ2n) is 5.30. The Kier molecular flexibility index (Phi) is 3.47. The van der Waals surface area contributed by atoms with Crippen LogP contribution in [0.5, 0.6) is 0 Å². The van der Waals surface area contributed by atoms with E-state index in [4.69, 9.17) is 0 Å². The fraction of sp³-hybridized carbons (Fsp3) is 0.176. The van der Waals surface area contributed by atoms with Gasteiger partial charge in [-0.2, -0.15) is 0 Å². The van der Waals surface area contributed by atoms with E-state index in [-0.39, 0.29) is 0 Å². The molecule has 5 heteroatoms. The molecule has 3 heterocycles. The van der Waals surface area contributed by atoms with Gasteiger partial charge in [0.2, 0.25) is 0 Å². The third kappa shape index (κ3) is 2.24. The summed E-state index contributed by atoms with van der Waals surface area (Å²) in [5.41, 5.74) is 5.29. The number of nitrogens with zero attached hydrogens (tertiary/aromatic N) is 3. The molecule has 0 spiro atoms. The monoisotopic (exact) mass is 350 g/mol. The fourth-order valence-electron chi connectivity index (χ4n) is 2.88. The maximum absolute atomic E-state index is 4.36. The van der Waals surface area contributed by atoms with Gasteiger partial charge in [0.15, 0.2) is 0 Å². The van der Waals surface area contributed by atoms with E-state index < -0.39 is 0 Å². The van der Waals surface area contributed by atoms with Crippen LogP contribution in [0.3, 0.4) is 0 Å². The average molecular weight is 350 g/mol. The summed E-state index contributed by atoms with van der Waals surface area (Å²) in [5, 5.41) is 2.40. The van der Waals surface area contributed by atoms with Gasteiger partial charge in [-0.25, -0.2) is 0 Å². The molecule has 0 saturated carbocycles. The van der Waals surface area contributed by atoms with E-state index in [2.05, 4.69) is 72.9 Å². The number of aromatic amines is 1. The molecule has 0 amide bonds. The molecule has 4 nitrogen and oxygen atoms in total. The predicted octanol–water partition coefficient (Wildman–Crippen LogP) is 3.56. The first-order valence-electron chi connectivity index (χ1n) is 7.35. The Morgan fingerprint density at radius 1 is 1.14 bits per heavy atom. The summed E-state index contributed by atoms with van der Waals surface area (Å²) in [4.78, 5) is 12.1. The predicted molar refractivity (Wildman–Crippen MR) is 90.0 cm³/mol. The van der Waals surface area contributed by atoms with Crippen LogP contribution < -0.4 is 0 Å². The molecule has 0 saturated heterocycles. The number of benzene rings is 1. The summed E-state index contributed by atoms with van der Waals surface area (Å²) in [6, 6.07) is 10.6. The van der Waals surface area contributed by atoms with Crippen molar-refractivity contribution in [1.29, 1.82) is 0 Å². The molecule has 4 rings (SSSR count). The van der Waals surface area contributed by atoms with Crippen molar-refractivity contribution in [2.75, 3.05) is 0 Å². The third-order valence-electron chi connectivity index (χ3n) is 3.90.